The molecular formula is C14H11ClINO. The molecule has 0 fully saturated rings. The van der Waals surface area contributed by atoms with Gasteiger partial charge in [-0.15, -0.1) is 0 Å². The van der Waals surface area contributed by atoms with Crippen molar-refractivity contribution in [1.29, 1.82) is 0 Å². The molecule has 0 aromatic heterocycles. The first-order valence-electron chi connectivity index (χ1n) is 5.35. The molecule has 0 saturated carbocycles. The zero-order valence-electron chi connectivity index (χ0n) is 9.71. The second kappa shape index (κ2) is 5.28. The smallest absolute Gasteiger partial charge is 0.194 e. The van der Waals surface area contributed by atoms with Crippen LogP contribution in [-0.4, -0.2) is 5.78 Å². The maximum atomic E-state index is 12.4. The van der Waals surface area contributed by atoms with Crippen LogP contribution < -0.4 is 5.73 Å². The highest BCUT2D eigenvalue weighted by molar-refractivity contribution is 14.1. The van der Waals surface area contributed by atoms with Crippen molar-refractivity contribution >= 4 is 45.7 Å². The zero-order valence-corrected chi connectivity index (χ0v) is 12.6. The van der Waals surface area contributed by atoms with Gasteiger partial charge in [-0.1, -0.05) is 23.7 Å². The summed E-state index contributed by atoms with van der Waals surface area (Å²) in [6.07, 6.45) is 0. The van der Waals surface area contributed by atoms with Gasteiger partial charge in [0.1, 0.15) is 0 Å². The number of benzene rings is 2. The number of carbonyl (C=O) groups is 1. The molecule has 0 aliphatic heterocycles. The molecule has 0 amide bonds. The molecular weight excluding hydrogens is 361 g/mol. The Morgan fingerprint density at radius 2 is 2.00 bits per heavy atom. The Hall–Kier alpha value is -1.07. The van der Waals surface area contributed by atoms with E-state index in [1.165, 1.54) is 0 Å². The lowest BCUT2D eigenvalue weighted by Crippen LogP contribution is -2.05. The summed E-state index contributed by atoms with van der Waals surface area (Å²) in [7, 11) is 0. The van der Waals surface area contributed by atoms with Crippen molar-refractivity contribution in [3.8, 4) is 0 Å². The molecule has 0 spiro atoms. The molecule has 18 heavy (non-hydrogen) atoms. The molecule has 2 rings (SSSR count). The summed E-state index contributed by atoms with van der Waals surface area (Å²) in [6, 6.07) is 10.6. The number of aryl methyl sites for hydroxylation is 1. The third-order valence-electron chi connectivity index (χ3n) is 2.70. The van der Waals surface area contributed by atoms with Crippen molar-refractivity contribution in [3.05, 3.63) is 61.7 Å². The Morgan fingerprint density at radius 3 is 2.67 bits per heavy atom. The number of anilines is 1. The minimum atomic E-state index is -0.0370. The molecule has 2 aromatic rings. The van der Waals surface area contributed by atoms with Gasteiger partial charge in [-0.2, -0.15) is 0 Å². The van der Waals surface area contributed by atoms with E-state index in [0.717, 1.165) is 9.13 Å². The Kier molecular flexibility index (Phi) is 3.92. The fraction of sp³-hybridized carbons (Fsp3) is 0.0714. The molecule has 0 unspecified atom stereocenters. The molecule has 0 saturated heterocycles. The number of rotatable bonds is 2. The van der Waals surface area contributed by atoms with Crippen LogP contribution in [0.5, 0.6) is 0 Å². The molecule has 92 valence electrons. The molecule has 0 atom stereocenters. The molecule has 0 radical (unpaired) electrons. The van der Waals surface area contributed by atoms with Gasteiger partial charge >= 0.3 is 0 Å². The molecule has 0 heterocycles. The van der Waals surface area contributed by atoms with Crippen molar-refractivity contribution in [2.24, 2.45) is 0 Å². The van der Waals surface area contributed by atoms with E-state index in [9.17, 15) is 4.79 Å². The quantitative estimate of drug-likeness (QED) is 0.491. The third kappa shape index (κ3) is 2.52. The van der Waals surface area contributed by atoms with E-state index in [2.05, 4.69) is 22.6 Å². The topological polar surface area (TPSA) is 43.1 Å². The van der Waals surface area contributed by atoms with Gasteiger partial charge in [0.15, 0.2) is 5.78 Å². The SMILES string of the molecule is Cc1cccc(C(=O)c2ccc(N)c(Cl)c2)c1I. The fourth-order valence-electron chi connectivity index (χ4n) is 1.65. The average Bonchev–Trinajstić information content (AvgIpc) is 2.35. The van der Waals surface area contributed by atoms with Gasteiger partial charge in [-0.25, -0.2) is 0 Å². The number of carbonyl (C=O) groups excluding carboxylic acids is 1. The summed E-state index contributed by atoms with van der Waals surface area (Å²) in [5, 5.41) is 0.406. The predicted octanol–water partition coefficient (Wildman–Crippen LogP) is 4.07. The van der Waals surface area contributed by atoms with E-state index >= 15 is 0 Å². The summed E-state index contributed by atoms with van der Waals surface area (Å²) in [5.74, 6) is -0.0370. The van der Waals surface area contributed by atoms with Crippen LogP contribution >= 0.6 is 34.2 Å². The van der Waals surface area contributed by atoms with Gasteiger partial charge in [0.05, 0.1) is 10.7 Å². The highest BCUT2D eigenvalue weighted by Gasteiger charge is 2.14. The third-order valence-corrected chi connectivity index (χ3v) is 4.46. The molecule has 2 nitrogen and oxygen atoms in total. The normalized spacial score (nSPS) is 10.4. The van der Waals surface area contributed by atoms with Gasteiger partial charge < -0.3 is 5.73 Å². The second-order valence-corrected chi connectivity index (χ2v) is 5.49. The summed E-state index contributed by atoms with van der Waals surface area (Å²) in [6.45, 7) is 1.98. The van der Waals surface area contributed by atoms with Crippen LogP contribution in [0.2, 0.25) is 5.02 Å². The molecule has 4 heteroatoms. The van der Waals surface area contributed by atoms with Crippen LogP contribution in [-0.2, 0) is 0 Å². The summed E-state index contributed by atoms with van der Waals surface area (Å²) in [4.78, 5) is 12.4. The standard InChI is InChI=1S/C14H11ClINO/c1-8-3-2-4-10(13(8)16)14(18)9-5-6-12(17)11(15)7-9/h2-7H,17H2,1H3. The summed E-state index contributed by atoms with van der Waals surface area (Å²) in [5.41, 5.74) is 8.45. The Balaban J connectivity index is 2.48. The van der Waals surface area contributed by atoms with Crippen LogP contribution in [0.1, 0.15) is 21.5 Å². The number of ketones is 1. The van der Waals surface area contributed by atoms with Gasteiger partial charge in [0.2, 0.25) is 0 Å². The van der Waals surface area contributed by atoms with Gasteiger partial charge in [-0.05, 0) is 59.3 Å². The summed E-state index contributed by atoms with van der Waals surface area (Å²) >= 11 is 8.12. The minimum Gasteiger partial charge on any atom is -0.398 e. The van der Waals surface area contributed by atoms with Crippen LogP contribution in [0, 0.1) is 10.5 Å². The van der Waals surface area contributed by atoms with Crippen LogP contribution in [0.15, 0.2) is 36.4 Å². The Morgan fingerprint density at radius 1 is 1.28 bits per heavy atom. The maximum absolute atomic E-state index is 12.4. The lowest BCUT2D eigenvalue weighted by Gasteiger charge is -2.07. The van der Waals surface area contributed by atoms with E-state index in [4.69, 9.17) is 17.3 Å². The van der Waals surface area contributed by atoms with Crippen LogP contribution in [0.4, 0.5) is 5.69 Å². The van der Waals surface area contributed by atoms with Crippen molar-refractivity contribution in [3.63, 3.8) is 0 Å². The molecule has 0 bridgehead atoms. The molecule has 2 aromatic carbocycles. The van der Waals surface area contributed by atoms with Gasteiger partial charge in [0, 0.05) is 14.7 Å². The van der Waals surface area contributed by atoms with Gasteiger partial charge in [-0.3, -0.25) is 4.79 Å². The van der Waals surface area contributed by atoms with Crippen molar-refractivity contribution in [1.82, 2.24) is 0 Å². The fourth-order valence-corrected chi connectivity index (χ4v) is 2.43. The predicted molar refractivity (Wildman–Crippen MR) is 83.2 cm³/mol. The lowest BCUT2D eigenvalue weighted by atomic mass is 10.0. The zero-order chi connectivity index (χ0) is 13.3. The first-order valence-corrected chi connectivity index (χ1v) is 6.81. The number of hydrogen-bond acceptors (Lipinski definition) is 2. The largest absolute Gasteiger partial charge is 0.398 e. The van der Waals surface area contributed by atoms with Crippen molar-refractivity contribution < 1.29 is 4.79 Å². The highest BCUT2D eigenvalue weighted by atomic mass is 127. The highest BCUT2D eigenvalue weighted by Crippen LogP contribution is 2.24. The van der Waals surface area contributed by atoms with Crippen LogP contribution in [0.25, 0.3) is 0 Å². The monoisotopic (exact) mass is 371 g/mol. The van der Waals surface area contributed by atoms with Crippen LogP contribution in [0.3, 0.4) is 0 Å². The Labute approximate surface area is 124 Å². The first-order chi connectivity index (χ1) is 8.50. The van der Waals surface area contributed by atoms with E-state index in [1.807, 2.05) is 25.1 Å². The van der Waals surface area contributed by atoms with Crippen molar-refractivity contribution in [2.45, 2.75) is 6.92 Å². The number of hydrogen-bond donors (Lipinski definition) is 1. The Bertz CT molecular complexity index is 625. The van der Waals surface area contributed by atoms with Gasteiger partial charge in [0.25, 0.3) is 0 Å². The maximum Gasteiger partial charge on any atom is 0.194 e. The number of nitrogen functional groups attached to an aromatic ring is 1. The van der Waals surface area contributed by atoms with E-state index in [1.54, 1.807) is 18.2 Å². The second-order valence-electron chi connectivity index (χ2n) is 4.00. The molecule has 0 aliphatic carbocycles. The van der Waals surface area contributed by atoms with E-state index in [0.29, 0.717) is 21.8 Å². The van der Waals surface area contributed by atoms with Crippen molar-refractivity contribution in [2.75, 3.05) is 5.73 Å². The first kappa shape index (κ1) is 13.4. The van der Waals surface area contributed by atoms with E-state index in [-0.39, 0.29) is 5.78 Å². The minimum absolute atomic E-state index is 0.0370. The molecule has 2 N–H and O–H groups in total. The van der Waals surface area contributed by atoms with E-state index < -0.39 is 0 Å². The average molecular weight is 372 g/mol. The lowest BCUT2D eigenvalue weighted by molar-refractivity contribution is 0.103. The molecule has 0 aliphatic rings. The summed E-state index contributed by atoms with van der Waals surface area (Å²) < 4.78 is 0.966. The number of nitrogens with two attached hydrogens (primary N) is 1. The number of halogens is 2.